The Bertz CT molecular complexity index is 389. The van der Waals surface area contributed by atoms with Crippen molar-refractivity contribution >= 4 is 34.2 Å². The van der Waals surface area contributed by atoms with Crippen LogP contribution in [0, 0.1) is 0 Å². The predicted octanol–water partition coefficient (Wildman–Crippen LogP) is 2.33. The number of benzene rings is 1. The van der Waals surface area contributed by atoms with Crippen molar-refractivity contribution in [1.82, 2.24) is 15.2 Å². The van der Waals surface area contributed by atoms with Crippen LogP contribution in [0.3, 0.4) is 0 Å². The summed E-state index contributed by atoms with van der Waals surface area (Å²) in [6.45, 7) is 0. The van der Waals surface area contributed by atoms with E-state index in [0.29, 0.717) is 16.1 Å². The molecule has 0 saturated heterocycles. The maximum atomic E-state index is 5.73. The lowest BCUT2D eigenvalue weighted by molar-refractivity contribution is 1.02. The molecular weight excluding hydrogens is 197 g/mol. The molecular formula is C7H3Cl2N3. The molecule has 12 heavy (non-hydrogen) atoms. The highest BCUT2D eigenvalue weighted by Gasteiger charge is 1.98. The molecule has 0 aliphatic heterocycles. The van der Waals surface area contributed by atoms with Gasteiger partial charge in [0.05, 0.1) is 5.52 Å². The molecule has 2 aromatic rings. The summed E-state index contributed by atoms with van der Waals surface area (Å²) >= 11 is 11.3. The van der Waals surface area contributed by atoms with Crippen LogP contribution in [0.15, 0.2) is 18.2 Å². The van der Waals surface area contributed by atoms with Crippen LogP contribution in [0.4, 0.5) is 0 Å². The van der Waals surface area contributed by atoms with Crippen LogP contribution < -0.4 is 0 Å². The van der Waals surface area contributed by atoms with Gasteiger partial charge in [-0.1, -0.05) is 11.6 Å². The summed E-state index contributed by atoms with van der Waals surface area (Å²) in [4.78, 5) is 3.95. The Morgan fingerprint density at radius 2 is 1.83 bits per heavy atom. The van der Waals surface area contributed by atoms with E-state index in [-0.39, 0.29) is 5.28 Å². The Labute approximate surface area is 78.3 Å². The molecule has 0 bridgehead atoms. The van der Waals surface area contributed by atoms with Gasteiger partial charge in [0.25, 0.3) is 0 Å². The number of nitrogens with zero attached hydrogens (tertiary/aromatic N) is 3. The summed E-state index contributed by atoms with van der Waals surface area (Å²) in [6, 6.07) is 5.17. The van der Waals surface area contributed by atoms with Crippen molar-refractivity contribution in [3.05, 3.63) is 28.5 Å². The second kappa shape index (κ2) is 2.84. The number of aromatic nitrogens is 3. The van der Waals surface area contributed by atoms with Crippen molar-refractivity contribution in [3.8, 4) is 0 Å². The number of hydrogen-bond donors (Lipinski definition) is 0. The van der Waals surface area contributed by atoms with Crippen LogP contribution in [0.1, 0.15) is 0 Å². The highest BCUT2D eigenvalue weighted by molar-refractivity contribution is 6.31. The second-order valence-corrected chi connectivity index (χ2v) is 2.99. The van der Waals surface area contributed by atoms with Crippen LogP contribution in [0.25, 0.3) is 11.0 Å². The molecule has 1 aromatic carbocycles. The molecule has 0 fully saturated rings. The van der Waals surface area contributed by atoms with E-state index in [4.69, 9.17) is 23.2 Å². The van der Waals surface area contributed by atoms with Crippen molar-refractivity contribution in [1.29, 1.82) is 0 Å². The predicted molar refractivity (Wildman–Crippen MR) is 47.4 cm³/mol. The van der Waals surface area contributed by atoms with Crippen LogP contribution in [0.5, 0.6) is 0 Å². The Kier molecular flexibility index (Phi) is 1.83. The number of rotatable bonds is 0. The van der Waals surface area contributed by atoms with E-state index >= 15 is 0 Å². The lowest BCUT2D eigenvalue weighted by Gasteiger charge is -1.94. The van der Waals surface area contributed by atoms with E-state index in [0.717, 1.165) is 0 Å². The van der Waals surface area contributed by atoms with E-state index in [1.807, 2.05) is 0 Å². The Morgan fingerprint density at radius 1 is 1.00 bits per heavy atom. The molecule has 0 aliphatic rings. The van der Waals surface area contributed by atoms with Gasteiger partial charge in [-0.25, -0.2) is 4.98 Å². The molecule has 0 unspecified atom stereocenters. The van der Waals surface area contributed by atoms with Crippen molar-refractivity contribution in [2.24, 2.45) is 0 Å². The first-order chi connectivity index (χ1) is 5.75. The van der Waals surface area contributed by atoms with Gasteiger partial charge in [-0.2, -0.15) is 0 Å². The summed E-state index contributed by atoms with van der Waals surface area (Å²) in [5, 5.41) is 8.16. The molecule has 0 spiro atoms. The molecule has 0 saturated carbocycles. The largest absolute Gasteiger partial charge is 0.243 e. The van der Waals surface area contributed by atoms with Gasteiger partial charge in [0.2, 0.25) is 5.28 Å². The van der Waals surface area contributed by atoms with Gasteiger partial charge in [0, 0.05) is 5.02 Å². The fourth-order valence-corrected chi connectivity index (χ4v) is 1.18. The lowest BCUT2D eigenvalue weighted by Crippen LogP contribution is -1.88. The number of fused-ring (bicyclic) bond motifs is 1. The first kappa shape index (κ1) is 7.71. The zero-order valence-corrected chi connectivity index (χ0v) is 7.34. The van der Waals surface area contributed by atoms with Crippen LogP contribution >= 0.6 is 23.2 Å². The molecule has 0 aliphatic carbocycles. The van der Waals surface area contributed by atoms with Crippen molar-refractivity contribution in [3.63, 3.8) is 0 Å². The van der Waals surface area contributed by atoms with Crippen molar-refractivity contribution in [2.45, 2.75) is 0 Å². The Hall–Kier alpha value is -0.930. The third-order valence-electron chi connectivity index (χ3n) is 1.39. The molecule has 1 aromatic heterocycles. The van der Waals surface area contributed by atoms with Crippen molar-refractivity contribution in [2.75, 3.05) is 0 Å². The van der Waals surface area contributed by atoms with Gasteiger partial charge in [-0.3, -0.25) is 0 Å². The summed E-state index contributed by atoms with van der Waals surface area (Å²) in [7, 11) is 0. The molecule has 0 N–H and O–H groups in total. The SMILES string of the molecule is Clc1ccc2nc(Cl)nnc2c1. The third-order valence-corrected chi connectivity index (χ3v) is 1.79. The topological polar surface area (TPSA) is 38.7 Å². The van der Waals surface area contributed by atoms with Gasteiger partial charge in [-0.15, -0.1) is 10.2 Å². The standard InChI is InChI=1S/C7H3Cl2N3/c8-4-1-2-5-6(3-4)11-12-7(9)10-5/h1-3H. The zero-order chi connectivity index (χ0) is 8.55. The first-order valence-corrected chi connectivity index (χ1v) is 3.97. The van der Waals surface area contributed by atoms with Gasteiger partial charge in [0.15, 0.2) is 0 Å². The molecule has 0 radical (unpaired) electrons. The van der Waals surface area contributed by atoms with Crippen LogP contribution in [-0.2, 0) is 0 Å². The summed E-state index contributed by atoms with van der Waals surface area (Å²) in [5.41, 5.74) is 1.34. The van der Waals surface area contributed by atoms with Gasteiger partial charge >= 0.3 is 0 Å². The van der Waals surface area contributed by atoms with E-state index in [9.17, 15) is 0 Å². The normalized spacial score (nSPS) is 10.5. The van der Waals surface area contributed by atoms with Gasteiger partial charge in [-0.05, 0) is 29.8 Å². The van der Waals surface area contributed by atoms with E-state index in [1.165, 1.54) is 0 Å². The smallest absolute Gasteiger partial charge is 0.215 e. The minimum absolute atomic E-state index is 0.143. The van der Waals surface area contributed by atoms with E-state index in [2.05, 4.69) is 15.2 Å². The maximum Gasteiger partial charge on any atom is 0.243 e. The molecule has 3 nitrogen and oxygen atoms in total. The average molecular weight is 200 g/mol. The lowest BCUT2D eigenvalue weighted by atomic mass is 10.3. The second-order valence-electron chi connectivity index (χ2n) is 2.21. The molecule has 60 valence electrons. The molecule has 5 heteroatoms. The summed E-state index contributed by atoms with van der Waals surface area (Å²) < 4.78 is 0. The minimum Gasteiger partial charge on any atom is -0.215 e. The zero-order valence-electron chi connectivity index (χ0n) is 5.83. The molecule has 1 heterocycles. The minimum atomic E-state index is 0.143. The van der Waals surface area contributed by atoms with Crippen LogP contribution in [-0.4, -0.2) is 15.2 Å². The fourth-order valence-electron chi connectivity index (χ4n) is 0.888. The van der Waals surface area contributed by atoms with E-state index < -0.39 is 0 Å². The molecule has 0 amide bonds. The highest BCUT2D eigenvalue weighted by Crippen LogP contribution is 2.15. The molecule has 0 atom stereocenters. The first-order valence-electron chi connectivity index (χ1n) is 3.21. The molecule has 2 rings (SSSR count). The monoisotopic (exact) mass is 199 g/mol. The third kappa shape index (κ3) is 1.33. The van der Waals surface area contributed by atoms with Gasteiger partial charge in [0.1, 0.15) is 5.52 Å². The summed E-state index contributed by atoms with van der Waals surface area (Å²) in [6.07, 6.45) is 0. The van der Waals surface area contributed by atoms with Crippen molar-refractivity contribution < 1.29 is 0 Å². The Morgan fingerprint density at radius 3 is 2.67 bits per heavy atom. The van der Waals surface area contributed by atoms with E-state index in [1.54, 1.807) is 18.2 Å². The average Bonchev–Trinajstić information content (AvgIpc) is 2.05. The van der Waals surface area contributed by atoms with Crippen LogP contribution in [0.2, 0.25) is 10.3 Å². The Balaban J connectivity index is 2.79. The number of halogens is 2. The fraction of sp³-hybridized carbons (Fsp3) is 0. The quantitative estimate of drug-likeness (QED) is 0.654. The van der Waals surface area contributed by atoms with Gasteiger partial charge < -0.3 is 0 Å². The highest BCUT2D eigenvalue weighted by atomic mass is 35.5. The summed E-state index contributed by atoms with van der Waals surface area (Å²) in [5.74, 6) is 0. The maximum absolute atomic E-state index is 5.73. The number of hydrogen-bond acceptors (Lipinski definition) is 3.